The maximum absolute atomic E-state index is 15.8. The Hall–Kier alpha value is -3.10. The second kappa shape index (κ2) is 10.3. The molecule has 0 aliphatic carbocycles. The number of fused-ring (bicyclic) bond motifs is 1. The van der Waals surface area contributed by atoms with Crippen molar-refractivity contribution in [3.63, 3.8) is 0 Å². The minimum Gasteiger partial charge on any atom is -0.388 e. The van der Waals surface area contributed by atoms with Crippen LogP contribution in [0, 0.1) is 5.82 Å². The summed E-state index contributed by atoms with van der Waals surface area (Å²) in [5.41, 5.74) is 1.53. The van der Waals surface area contributed by atoms with Gasteiger partial charge in [0.2, 0.25) is 11.8 Å². The van der Waals surface area contributed by atoms with Gasteiger partial charge in [0.05, 0.1) is 17.0 Å². The molecule has 2 fully saturated rings. The lowest BCUT2D eigenvalue weighted by molar-refractivity contribution is -0.134. The molecule has 186 valence electrons. The van der Waals surface area contributed by atoms with Gasteiger partial charge in [-0.3, -0.25) is 24.8 Å². The van der Waals surface area contributed by atoms with Crippen LogP contribution in [0.25, 0.3) is 10.9 Å². The summed E-state index contributed by atoms with van der Waals surface area (Å²) in [5.74, 6) is -1.95. The van der Waals surface area contributed by atoms with Crippen molar-refractivity contribution >= 4 is 22.7 Å². The van der Waals surface area contributed by atoms with Crippen molar-refractivity contribution in [1.29, 1.82) is 0 Å². The number of aliphatic hydroxyl groups is 1. The number of pyridine rings is 1. The lowest BCUT2D eigenvalue weighted by Gasteiger charge is -2.43. The first-order valence-electron chi connectivity index (χ1n) is 12.3. The van der Waals surface area contributed by atoms with Gasteiger partial charge in [-0.25, -0.2) is 4.39 Å². The number of halogens is 1. The van der Waals surface area contributed by atoms with Crippen molar-refractivity contribution in [3.05, 3.63) is 65.4 Å². The maximum atomic E-state index is 15.8. The summed E-state index contributed by atoms with van der Waals surface area (Å²) >= 11 is 0. The number of H-pyrrole nitrogens is 1. The molecule has 0 saturated carbocycles. The summed E-state index contributed by atoms with van der Waals surface area (Å²) in [6, 6.07) is 9.11. The Labute approximate surface area is 204 Å². The fourth-order valence-electron chi connectivity index (χ4n) is 5.27. The molecule has 2 amide bonds. The fourth-order valence-corrected chi connectivity index (χ4v) is 5.27. The number of aromatic amines is 1. The van der Waals surface area contributed by atoms with Gasteiger partial charge in [0.1, 0.15) is 5.82 Å². The van der Waals surface area contributed by atoms with Crippen LogP contribution in [-0.2, 0) is 16.1 Å². The molecule has 2 aromatic heterocycles. The van der Waals surface area contributed by atoms with Gasteiger partial charge < -0.3 is 10.1 Å². The number of rotatable bonds is 4. The van der Waals surface area contributed by atoms with Crippen molar-refractivity contribution < 1.29 is 19.1 Å². The van der Waals surface area contributed by atoms with Crippen LogP contribution in [0.2, 0.25) is 0 Å². The number of β-amino-alcohol motifs (C(OH)–C–C–N with tert-alkyl or cyclic N) is 1. The molecule has 0 bridgehead atoms. The van der Waals surface area contributed by atoms with Crippen LogP contribution in [0.15, 0.2) is 42.7 Å². The number of likely N-dealkylation sites (tertiary alicyclic amines) is 1. The molecule has 1 aromatic carbocycles. The normalized spacial score (nSPS) is 25.2. The zero-order chi connectivity index (χ0) is 25.2. The molecule has 35 heavy (non-hydrogen) atoms. The quantitative estimate of drug-likeness (QED) is 0.491. The van der Waals surface area contributed by atoms with E-state index in [0.717, 1.165) is 12.2 Å². The second-order valence-electron chi connectivity index (χ2n) is 9.41. The summed E-state index contributed by atoms with van der Waals surface area (Å²) < 4.78 is 15.8. The van der Waals surface area contributed by atoms with Crippen LogP contribution >= 0.6 is 0 Å². The first-order chi connectivity index (χ1) is 16.8. The number of aromatic nitrogens is 2. The summed E-state index contributed by atoms with van der Waals surface area (Å²) in [6.07, 6.45) is 4.71. The SMILES string of the molecule is CC.CC1(O)CN(Cc2ccc[nH]2)CCC1c1ccc2ncc(C3CCC(=O)NC3=O)cc2c1F. The standard InChI is InChI=1S/C25H27FN4O3.C2H6/c1-25(33)14-30(13-16-3-2-9-27-16)10-8-20(25)18-4-6-21-19(23(18)26)11-15(12-28-21)17-5-7-22(31)29-24(17)32;1-2/h2-4,6,9,11-12,17,20,27,33H,5,7-8,10,13-14H2,1H3,(H,29,31,32);1-2H3. The predicted octanol–water partition coefficient (Wildman–Crippen LogP) is 3.99. The molecule has 3 unspecified atom stereocenters. The maximum Gasteiger partial charge on any atom is 0.234 e. The minimum atomic E-state index is -1.10. The molecule has 2 saturated heterocycles. The van der Waals surface area contributed by atoms with E-state index in [1.807, 2.05) is 32.2 Å². The van der Waals surface area contributed by atoms with Gasteiger partial charge in [0, 0.05) is 48.9 Å². The summed E-state index contributed by atoms with van der Waals surface area (Å²) in [6.45, 7) is 7.64. The smallest absolute Gasteiger partial charge is 0.234 e. The third-order valence-electron chi connectivity index (χ3n) is 6.95. The van der Waals surface area contributed by atoms with Crippen LogP contribution in [0.4, 0.5) is 4.39 Å². The number of nitrogens with zero attached hydrogens (tertiary/aromatic N) is 2. The molecule has 8 heteroatoms. The third kappa shape index (κ3) is 5.13. The number of hydrogen-bond acceptors (Lipinski definition) is 5. The van der Waals surface area contributed by atoms with E-state index in [2.05, 4.69) is 20.2 Å². The molecular formula is C27H33FN4O3. The number of carbonyl (C=O) groups is 2. The second-order valence-corrected chi connectivity index (χ2v) is 9.41. The molecule has 3 aromatic rings. The van der Waals surface area contributed by atoms with Gasteiger partial charge in [-0.2, -0.15) is 0 Å². The predicted molar refractivity (Wildman–Crippen MR) is 132 cm³/mol. The Morgan fingerprint density at radius 2 is 2.03 bits per heavy atom. The first-order valence-corrected chi connectivity index (χ1v) is 12.3. The molecule has 3 atom stereocenters. The van der Waals surface area contributed by atoms with Crippen LogP contribution in [0.1, 0.15) is 68.7 Å². The van der Waals surface area contributed by atoms with Gasteiger partial charge in [-0.1, -0.05) is 19.9 Å². The Morgan fingerprint density at radius 3 is 2.71 bits per heavy atom. The van der Waals surface area contributed by atoms with Gasteiger partial charge in [0.15, 0.2) is 0 Å². The van der Waals surface area contributed by atoms with E-state index in [0.29, 0.717) is 48.0 Å². The average molecular weight is 481 g/mol. The van der Waals surface area contributed by atoms with E-state index in [9.17, 15) is 14.7 Å². The Bertz CT molecular complexity index is 1210. The highest BCUT2D eigenvalue weighted by atomic mass is 19.1. The van der Waals surface area contributed by atoms with E-state index >= 15 is 4.39 Å². The first kappa shape index (κ1) is 25.0. The fraction of sp³-hybridized carbons (Fsp3) is 0.444. The van der Waals surface area contributed by atoms with E-state index < -0.39 is 17.3 Å². The third-order valence-corrected chi connectivity index (χ3v) is 6.95. The van der Waals surface area contributed by atoms with E-state index in [-0.39, 0.29) is 24.2 Å². The number of carbonyl (C=O) groups excluding carboxylic acids is 2. The van der Waals surface area contributed by atoms with Crippen LogP contribution in [0.5, 0.6) is 0 Å². The number of benzene rings is 1. The van der Waals surface area contributed by atoms with Gasteiger partial charge in [-0.15, -0.1) is 0 Å². The van der Waals surface area contributed by atoms with E-state index in [1.54, 1.807) is 31.3 Å². The van der Waals surface area contributed by atoms with E-state index in [4.69, 9.17) is 0 Å². The molecule has 4 heterocycles. The summed E-state index contributed by atoms with van der Waals surface area (Å²) in [4.78, 5) is 33.5. The van der Waals surface area contributed by atoms with Crippen LogP contribution < -0.4 is 5.32 Å². The Kier molecular flexibility index (Phi) is 7.33. The average Bonchev–Trinajstić information content (AvgIpc) is 3.34. The zero-order valence-corrected chi connectivity index (χ0v) is 20.5. The zero-order valence-electron chi connectivity index (χ0n) is 20.5. The molecular weight excluding hydrogens is 447 g/mol. The molecule has 0 spiro atoms. The van der Waals surface area contributed by atoms with Crippen LogP contribution in [-0.4, -0.2) is 50.5 Å². The highest BCUT2D eigenvalue weighted by molar-refractivity contribution is 6.01. The highest BCUT2D eigenvalue weighted by Crippen LogP contribution is 2.39. The van der Waals surface area contributed by atoms with Crippen molar-refractivity contribution in [3.8, 4) is 0 Å². The van der Waals surface area contributed by atoms with Crippen molar-refractivity contribution in [2.24, 2.45) is 0 Å². The molecule has 2 aliphatic heterocycles. The van der Waals surface area contributed by atoms with Gasteiger partial charge in [0.25, 0.3) is 0 Å². The number of nitrogens with one attached hydrogen (secondary N) is 2. The summed E-state index contributed by atoms with van der Waals surface area (Å²) in [7, 11) is 0. The molecule has 3 N–H and O–H groups in total. The van der Waals surface area contributed by atoms with E-state index in [1.165, 1.54) is 0 Å². The van der Waals surface area contributed by atoms with Crippen molar-refractivity contribution in [2.75, 3.05) is 13.1 Å². The largest absolute Gasteiger partial charge is 0.388 e. The lowest BCUT2D eigenvalue weighted by Crippen LogP contribution is -2.50. The Morgan fingerprint density at radius 1 is 1.23 bits per heavy atom. The molecule has 7 nitrogen and oxygen atoms in total. The number of hydrogen-bond donors (Lipinski definition) is 3. The topological polar surface area (TPSA) is 98.3 Å². The van der Waals surface area contributed by atoms with Crippen molar-refractivity contribution in [1.82, 2.24) is 20.2 Å². The Balaban J connectivity index is 0.00000141. The van der Waals surface area contributed by atoms with Crippen LogP contribution in [0.3, 0.4) is 0 Å². The lowest BCUT2D eigenvalue weighted by atomic mass is 9.77. The minimum absolute atomic E-state index is 0.251. The number of piperidine rings is 2. The highest BCUT2D eigenvalue weighted by Gasteiger charge is 2.40. The van der Waals surface area contributed by atoms with Gasteiger partial charge >= 0.3 is 0 Å². The van der Waals surface area contributed by atoms with Crippen molar-refractivity contribution in [2.45, 2.75) is 64.0 Å². The molecule has 2 aliphatic rings. The number of amides is 2. The number of imide groups is 1. The molecule has 0 radical (unpaired) electrons. The molecule has 5 rings (SSSR count). The van der Waals surface area contributed by atoms with Gasteiger partial charge in [-0.05, 0) is 61.7 Å². The monoisotopic (exact) mass is 480 g/mol. The summed E-state index contributed by atoms with van der Waals surface area (Å²) in [5, 5.41) is 14.0.